The van der Waals surface area contributed by atoms with E-state index in [0.29, 0.717) is 11.3 Å². The van der Waals surface area contributed by atoms with Crippen molar-refractivity contribution < 1.29 is 4.39 Å². The van der Waals surface area contributed by atoms with E-state index in [-0.39, 0.29) is 5.82 Å². The summed E-state index contributed by atoms with van der Waals surface area (Å²) in [7, 11) is 0. The quantitative estimate of drug-likeness (QED) is 0.442. The molecule has 0 saturated carbocycles. The average molecular weight is 348 g/mol. The van der Waals surface area contributed by atoms with E-state index in [9.17, 15) is 4.39 Å². The summed E-state index contributed by atoms with van der Waals surface area (Å²) in [6.07, 6.45) is 0. The van der Waals surface area contributed by atoms with Crippen LogP contribution in [0.3, 0.4) is 0 Å². The Kier molecular flexibility index (Phi) is 4.53. The predicted octanol–water partition coefficient (Wildman–Crippen LogP) is 5.52. The number of fused-ring (bicyclic) bond motifs is 1. The van der Waals surface area contributed by atoms with Crippen LogP contribution >= 0.6 is 11.8 Å². The summed E-state index contributed by atoms with van der Waals surface area (Å²) in [5, 5.41) is 0.910. The van der Waals surface area contributed by atoms with E-state index in [1.165, 1.54) is 11.6 Å². The molecule has 25 heavy (non-hydrogen) atoms. The van der Waals surface area contributed by atoms with Crippen LogP contribution in [0.5, 0.6) is 0 Å². The first-order chi connectivity index (χ1) is 12.3. The minimum atomic E-state index is -0.166. The zero-order chi connectivity index (χ0) is 17.1. The van der Waals surface area contributed by atoms with E-state index in [1.54, 1.807) is 17.8 Å². The van der Waals surface area contributed by atoms with Crippen molar-refractivity contribution in [3.8, 4) is 0 Å². The van der Waals surface area contributed by atoms with Crippen LogP contribution in [-0.4, -0.2) is 9.55 Å². The van der Waals surface area contributed by atoms with Gasteiger partial charge in [0.2, 0.25) is 0 Å². The average Bonchev–Trinajstić information content (AvgIpc) is 3.00. The van der Waals surface area contributed by atoms with Crippen LogP contribution in [0, 0.1) is 5.82 Å². The number of benzene rings is 3. The number of imidazole rings is 1. The lowest BCUT2D eigenvalue weighted by Crippen LogP contribution is -2.01. The monoisotopic (exact) mass is 348 g/mol. The van der Waals surface area contributed by atoms with Crippen molar-refractivity contribution in [1.29, 1.82) is 0 Å². The van der Waals surface area contributed by atoms with E-state index in [0.717, 1.165) is 22.7 Å². The molecule has 0 aliphatic rings. The van der Waals surface area contributed by atoms with E-state index < -0.39 is 0 Å². The molecule has 4 aromatic rings. The highest BCUT2D eigenvalue weighted by Crippen LogP contribution is 2.28. The smallest absolute Gasteiger partial charge is 0.169 e. The normalized spacial score (nSPS) is 11.1. The maximum Gasteiger partial charge on any atom is 0.169 e. The van der Waals surface area contributed by atoms with Gasteiger partial charge in [-0.15, -0.1) is 0 Å². The molecule has 4 heteroatoms. The molecule has 0 N–H and O–H groups in total. The summed E-state index contributed by atoms with van der Waals surface area (Å²) in [6, 6.07) is 25.4. The molecule has 0 atom stereocenters. The maximum atomic E-state index is 13.9. The number of halogens is 1. The molecule has 0 bridgehead atoms. The SMILES string of the molecule is Fc1ccccc1CSc1nc2ccccc2n1Cc1ccccc1. The topological polar surface area (TPSA) is 17.8 Å². The molecular formula is C21H17FN2S. The zero-order valence-corrected chi connectivity index (χ0v) is 14.4. The second kappa shape index (κ2) is 7.11. The maximum absolute atomic E-state index is 13.9. The van der Waals surface area contributed by atoms with Crippen molar-refractivity contribution in [3.63, 3.8) is 0 Å². The molecule has 0 aliphatic carbocycles. The highest BCUT2D eigenvalue weighted by molar-refractivity contribution is 7.98. The van der Waals surface area contributed by atoms with Crippen LogP contribution in [0.25, 0.3) is 11.0 Å². The Morgan fingerprint density at radius 3 is 2.40 bits per heavy atom. The van der Waals surface area contributed by atoms with Crippen LogP contribution in [-0.2, 0) is 12.3 Å². The van der Waals surface area contributed by atoms with Crippen LogP contribution in [0.1, 0.15) is 11.1 Å². The van der Waals surface area contributed by atoms with Gasteiger partial charge >= 0.3 is 0 Å². The highest BCUT2D eigenvalue weighted by Gasteiger charge is 2.12. The predicted molar refractivity (Wildman–Crippen MR) is 101 cm³/mol. The Morgan fingerprint density at radius 2 is 1.56 bits per heavy atom. The lowest BCUT2D eigenvalue weighted by Gasteiger charge is -2.09. The van der Waals surface area contributed by atoms with Gasteiger partial charge in [0.15, 0.2) is 5.16 Å². The van der Waals surface area contributed by atoms with Crippen molar-refractivity contribution in [3.05, 3.63) is 95.8 Å². The summed E-state index contributed by atoms with van der Waals surface area (Å²) in [5.74, 6) is 0.394. The summed E-state index contributed by atoms with van der Waals surface area (Å²) >= 11 is 1.57. The van der Waals surface area contributed by atoms with Crippen LogP contribution in [0.4, 0.5) is 4.39 Å². The van der Waals surface area contributed by atoms with Crippen molar-refractivity contribution in [1.82, 2.24) is 9.55 Å². The fourth-order valence-corrected chi connectivity index (χ4v) is 3.84. The van der Waals surface area contributed by atoms with Gasteiger partial charge in [-0.25, -0.2) is 9.37 Å². The fourth-order valence-electron chi connectivity index (χ4n) is 2.84. The number of thioether (sulfide) groups is 1. The largest absolute Gasteiger partial charge is 0.314 e. The molecule has 0 unspecified atom stereocenters. The van der Waals surface area contributed by atoms with Gasteiger partial charge in [0, 0.05) is 5.75 Å². The molecule has 0 amide bonds. The molecule has 2 nitrogen and oxygen atoms in total. The molecule has 3 aromatic carbocycles. The summed E-state index contributed by atoms with van der Waals surface area (Å²) in [4.78, 5) is 4.76. The van der Waals surface area contributed by atoms with Crippen molar-refractivity contribution in [2.75, 3.05) is 0 Å². The van der Waals surface area contributed by atoms with Gasteiger partial charge in [-0.05, 0) is 29.3 Å². The minimum Gasteiger partial charge on any atom is -0.314 e. The van der Waals surface area contributed by atoms with Gasteiger partial charge in [-0.2, -0.15) is 0 Å². The number of hydrogen-bond acceptors (Lipinski definition) is 2. The van der Waals surface area contributed by atoms with Gasteiger partial charge in [-0.3, -0.25) is 0 Å². The summed E-state index contributed by atoms with van der Waals surface area (Å²) in [5.41, 5.74) is 3.99. The molecule has 0 spiro atoms. The van der Waals surface area contributed by atoms with Crippen molar-refractivity contribution >= 4 is 22.8 Å². The second-order valence-corrected chi connectivity index (χ2v) is 6.78. The van der Waals surface area contributed by atoms with E-state index in [4.69, 9.17) is 4.98 Å². The standard InChI is InChI=1S/C21H17FN2S/c22-18-11-5-4-10-17(18)15-25-21-23-19-12-6-7-13-20(19)24(21)14-16-8-2-1-3-9-16/h1-13H,14-15H2. The van der Waals surface area contributed by atoms with Gasteiger partial charge in [0.25, 0.3) is 0 Å². The molecule has 0 fully saturated rings. The fraction of sp³-hybridized carbons (Fsp3) is 0.0952. The minimum absolute atomic E-state index is 0.166. The summed E-state index contributed by atoms with van der Waals surface area (Å²) in [6.45, 7) is 0.751. The number of hydrogen-bond donors (Lipinski definition) is 0. The van der Waals surface area contributed by atoms with Gasteiger partial charge in [0.05, 0.1) is 17.6 Å². The van der Waals surface area contributed by atoms with Gasteiger partial charge < -0.3 is 4.57 Å². The van der Waals surface area contributed by atoms with Crippen molar-refractivity contribution in [2.45, 2.75) is 17.5 Å². The second-order valence-electron chi connectivity index (χ2n) is 5.83. The third kappa shape index (κ3) is 3.44. The molecule has 0 radical (unpaired) electrons. The Morgan fingerprint density at radius 1 is 0.840 bits per heavy atom. The zero-order valence-electron chi connectivity index (χ0n) is 13.6. The molecule has 0 saturated heterocycles. The number of para-hydroxylation sites is 2. The van der Waals surface area contributed by atoms with Crippen LogP contribution in [0.15, 0.2) is 84.0 Å². The molecule has 124 valence electrons. The lowest BCUT2D eigenvalue weighted by atomic mass is 10.2. The Labute approximate surface area is 150 Å². The van der Waals surface area contributed by atoms with E-state index in [2.05, 4.69) is 22.8 Å². The Bertz CT molecular complexity index is 995. The van der Waals surface area contributed by atoms with E-state index in [1.807, 2.05) is 48.5 Å². The summed E-state index contributed by atoms with van der Waals surface area (Å²) < 4.78 is 16.1. The molecule has 0 aliphatic heterocycles. The first-order valence-electron chi connectivity index (χ1n) is 8.16. The first-order valence-corrected chi connectivity index (χ1v) is 9.15. The van der Waals surface area contributed by atoms with Crippen molar-refractivity contribution in [2.24, 2.45) is 0 Å². The molecule has 1 aromatic heterocycles. The number of rotatable bonds is 5. The van der Waals surface area contributed by atoms with Gasteiger partial charge in [-0.1, -0.05) is 72.4 Å². The Balaban J connectivity index is 1.68. The van der Waals surface area contributed by atoms with Gasteiger partial charge in [0.1, 0.15) is 5.82 Å². The van der Waals surface area contributed by atoms with Crippen LogP contribution in [0.2, 0.25) is 0 Å². The third-order valence-electron chi connectivity index (χ3n) is 4.12. The van der Waals surface area contributed by atoms with Crippen LogP contribution < -0.4 is 0 Å². The number of nitrogens with zero attached hydrogens (tertiary/aromatic N) is 2. The molecule has 1 heterocycles. The third-order valence-corrected chi connectivity index (χ3v) is 5.14. The first kappa shape index (κ1) is 15.9. The van der Waals surface area contributed by atoms with E-state index >= 15 is 0 Å². The molecule has 4 rings (SSSR count). The number of aromatic nitrogens is 2. The Hall–Kier alpha value is -2.59. The lowest BCUT2D eigenvalue weighted by molar-refractivity contribution is 0.617. The molecular weight excluding hydrogens is 331 g/mol. The highest BCUT2D eigenvalue weighted by atomic mass is 32.2.